The van der Waals surface area contributed by atoms with E-state index in [1.165, 1.54) is 12.1 Å². The molecule has 29 heavy (non-hydrogen) atoms. The number of nitro groups is 1. The van der Waals surface area contributed by atoms with E-state index >= 15 is 0 Å². The molecular weight excluding hydrogens is 376 g/mol. The number of benzene rings is 2. The smallest absolute Gasteiger partial charge is 0.271 e. The van der Waals surface area contributed by atoms with Gasteiger partial charge in [0.2, 0.25) is 11.8 Å². The summed E-state index contributed by atoms with van der Waals surface area (Å²) in [6.07, 6.45) is 0.0742. The van der Waals surface area contributed by atoms with Crippen LogP contribution in [0.25, 0.3) is 0 Å². The van der Waals surface area contributed by atoms with Gasteiger partial charge in [0.1, 0.15) is 5.75 Å². The highest BCUT2D eigenvalue weighted by atomic mass is 16.6. The molecular formula is C20H22N4O5. The normalized spacial score (nSPS) is 10.9. The zero-order valence-electron chi connectivity index (χ0n) is 16.4. The van der Waals surface area contributed by atoms with Crippen molar-refractivity contribution in [3.05, 3.63) is 63.7 Å². The van der Waals surface area contributed by atoms with Crippen molar-refractivity contribution in [3.8, 4) is 5.75 Å². The minimum atomic E-state index is -0.528. The van der Waals surface area contributed by atoms with Gasteiger partial charge in [-0.25, -0.2) is 5.43 Å². The summed E-state index contributed by atoms with van der Waals surface area (Å²) >= 11 is 0. The first kappa shape index (κ1) is 21.5. The summed E-state index contributed by atoms with van der Waals surface area (Å²) in [4.78, 5) is 34.5. The van der Waals surface area contributed by atoms with Crippen LogP contribution >= 0.6 is 0 Å². The molecule has 0 atom stereocenters. The molecule has 152 valence electrons. The summed E-state index contributed by atoms with van der Waals surface area (Å²) in [7, 11) is 1.57. The number of rotatable bonds is 8. The van der Waals surface area contributed by atoms with E-state index in [9.17, 15) is 19.7 Å². The second kappa shape index (κ2) is 9.98. The van der Waals surface area contributed by atoms with Crippen molar-refractivity contribution in [2.75, 3.05) is 12.4 Å². The van der Waals surface area contributed by atoms with Gasteiger partial charge in [0.05, 0.1) is 30.6 Å². The number of hydrogen-bond acceptors (Lipinski definition) is 6. The maximum absolute atomic E-state index is 12.2. The van der Waals surface area contributed by atoms with E-state index in [0.717, 1.165) is 5.56 Å². The van der Waals surface area contributed by atoms with Gasteiger partial charge in [-0.1, -0.05) is 18.2 Å². The number of nitrogens with one attached hydrogen (secondary N) is 2. The minimum Gasteiger partial charge on any atom is -0.497 e. The first-order valence-electron chi connectivity index (χ1n) is 8.78. The van der Waals surface area contributed by atoms with Gasteiger partial charge >= 0.3 is 0 Å². The number of nitrogens with zero attached hydrogens (tertiary/aromatic N) is 2. The number of hydrogen-bond donors (Lipinski definition) is 2. The van der Waals surface area contributed by atoms with Crippen molar-refractivity contribution in [1.29, 1.82) is 0 Å². The molecule has 2 N–H and O–H groups in total. The molecule has 0 saturated carbocycles. The Hall–Kier alpha value is -3.75. The molecule has 0 fully saturated rings. The second-order valence-corrected chi connectivity index (χ2v) is 6.39. The third kappa shape index (κ3) is 6.73. The molecule has 0 saturated heterocycles. The number of hydrazone groups is 1. The lowest BCUT2D eigenvalue weighted by atomic mass is 10.1. The van der Waals surface area contributed by atoms with E-state index in [4.69, 9.17) is 4.74 Å². The predicted molar refractivity (Wildman–Crippen MR) is 109 cm³/mol. The Labute approximate surface area is 167 Å². The Kier molecular flexibility index (Phi) is 7.41. The van der Waals surface area contributed by atoms with Crippen molar-refractivity contribution < 1.29 is 19.2 Å². The third-order valence-electron chi connectivity index (χ3n) is 4.02. The van der Waals surface area contributed by atoms with Crippen molar-refractivity contribution in [2.45, 2.75) is 26.7 Å². The standard InChI is InChI=1S/C20H22N4O5/c1-13-4-7-16(24(27)28)12-18(13)21-19(25)10-14(2)22-23-20(26)11-15-5-8-17(29-3)9-6-15/h4-9,12H,10-11H2,1-3H3,(H,21,25)(H,23,26)/b22-14+. The first-order chi connectivity index (χ1) is 13.8. The molecule has 2 rings (SSSR count). The Bertz CT molecular complexity index is 938. The molecule has 0 radical (unpaired) electrons. The van der Waals surface area contributed by atoms with Crippen LogP contribution in [0.1, 0.15) is 24.5 Å². The molecule has 0 aliphatic heterocycles. The fraction of sp³-hybridized carbons (Fsp3) is 0.250. The molecule has 0 aromatic heterocycles. The highest BCUT2D eigenvalue weighted by Crippen LogP contribution is 2.22. The summed E-state index contributed by atoms with van der Waals surface area (Å²) in [6, 6.07) is 11.3. The predicted octanol–water partition coefficient (Wildman–Crippen LogP) is 2.98. The van der Waals surface area contributed by atoms with Crippen LogP contribution in [0, 0.1) is 17.0 Å². The third-order valence-corrected chi connectivity index (χ3v) is 4.02. The topological polar surface area (TPSA) is 123 Å². The number of amides is 2. The first-order valence-corrected chi connectivity index (χ1v) is 8.78. The van der Waals surface area contributed by atoms with Crippen molar-refractivity contribution in [2.24, 2.45) is 5.10 Å². The monoisotopic (exact) mass is 398 g/mol. The molecule has 0 spiro atoms. The van der Waals surface area contributed by atoms with Gasteiger partial charge in [-0.3, -0.25) is 19.7 Å². The Morgan fingerprint density at radius 1 is 1.14 bits per heavy atom. The van der Waals surface area contributed by atoms with E-state index in [2.05, 4.69) is 15.8 Å². The zero-order valence-corrected chi connectivity index (χ0v) is 16.4. The molecule has 2 aromatic carbocycles. The molecule has 0 aliphatic carbocycles. The number of methoxy groups -OCH3 is 1. The van der Waals surface area contributed by atoms with E-state index in [0.29, 0.717) is 22.7 Å². The van der Waals surface area contributed by atoms with Crippen molar-refractivity contribution >= 4 is 28.9 Å². The summed E-state index contributed by atoms with van der Waals surface area (Å²) < 4.78 is 5.06. The van der Waals surface area contributed by atoms with Gasteiger partial charge in [-0.2, -0.15) is 5.10 Å². The molecule has 2 aromatic rings. The van der Waals surface area contributed by atoms with Gasteiger partial charge in [0.15, 0.2) is 0 Å². The van der Waals surface area contributed by atoms with Gasteiger partial charge in [0, 0.05) is 17.8 Å². The second-order valence-electron chi connectivity index (χ2n) is 6.39. The van der Waals surface area contributed by atoms with Gasteiger partial charge in [-0.05, 0) is 37.1 Å². The fourth-order valence-corrected chi connectivity index (χ4v) is 2.45. The molecule has 2 amide bonds. The van der Waals surface area contributed by atoms with Crippen LogP contribution in [0.15, 0.2) is 47.6 Å². The van der Waals surface area contributed by atoms with Crippen LogP contribution in [0.2, 0.25) is 0 Å². The summed E-state index contributed by atoms with van der Waals surface area (Å²) in [5, 5.41) is 17.4. The van der Waals surface area contributed by atoms with E-state index in [1.54, 1.807) is 51.3 Å². The summed E-state index contributed by atoms with van der Waals surface area (Å²) in [5.41, 5.74) is 4.56. The number of aryl methyl sites for hydroxylation is 1. The highest BCUT2D eigenvalue weighted by Gasteiger charge is 2.12. The van der Waals surface area contributed by atoms with Crippen LogP contribution in [0.5, 0.6) is 5.75 Å². The average Bonchev–Trinajstić information content (AvgIpc) is 2.68. The lowest BCUT2D eigenvalue weighted by Crippen LogP contribution is -2.23. The number of nitro benzene ring substituents is 1. The van der Waals surface area contributed by atoms with Crippen LogP contribution in [0.4, 0.5) is 11.4 Å². The number of carbonyl (C=O) groups excluding carboxylic acids is 2. The maximum atomic E-state index is 12.2. The van der Waals surface area contributed by atoms with Gasteiger partial charge in [-0.15, -0.1) is 0 Å². The molecule has 9 nitrogen and oxygen atoms in total. The number of non-ortho nitro benzene ring substituents is 1. The summed E-state index contributed by atoms with van der Waals surface area (Å²) in [5.74, 6) is -0.00303. The van der Waals surface area contributed by atoms with E-state index in [1.807, 2.05) is 0 Å². The summed E-state index contributed by atoms with van der Waals surface area (Å²) in [6.45, 7) is 3.34. The molecule has 0 heterocycles. The number of carbonyl (C=O) groups is 2. The Balaban J connectivity index is 1.88. The van der Waals surface area contributed by atoms with E-state index < -0.39 is 4.92 Å². The largest absolute Gasteiger partial charge is 0.497 e. The van der Waals surface area contributed by atoms with Crippen molar-refractivity contribution in [1.82, 2.24) is 5.43 Å². The molecule has 9 heteroatoms. The van der Waals surface area contributed by atoms with Crippen LogP contribution in [-0.2, 0) is 16.0 Å². The maximum Gasteiger partial charge on any atom is 0.271 e. The molecule has 0 bridgehead atoms. The lowest BCUT2D eigenvalue weighted by Gasteiger charge is -2.08. The number of ether oxygens (including phenoxy) is 1. The zero-order chi connectivity index (χ0) is 21.4. The highest BCUT2D eigenvalue weighted by molar-refractivity contribution is 6.06. The van der Waals surface area contributed by atoms with Crippen LogP contribution in [0.3, 0.4) is 0 Å². The van der Waals surface area contributed by atoms with Crippen LogP contribution < -0.4 is 15.5 Å². The Morgan fingerprint density at radius 2 is 1.83 bits per heavy atom. The van der Waals surface area contributed by atoms with E-state index in [-0.39, 0.29) is 30.3 Å². The number of anilines is 1. The average molecular weight is 398 g/mol. The van der Waals surface area contributed by atoms with Gasteiger partial charge < -0.3 is 10.1 Å². The fourth-order valence-electron chi connectivity index (χ4n) is 2.45. The lowest BCUT2D eigenvalue weighted by molar-refractivity contribution is -0.384. The minimum absolute atomic E-state index is 0.0645. The quantitative estimate of drug-likeness (QED) is 0.402. The van der Waals surface area contributed by atoms with Gasteiger partial charge in [0.25, 0.3) is 5.69 Å². The molecule has 0 aliphatic rings. The Morgan fingerprint density at radius 3 is 2.45 bits per heavy atom. The van der Waals surface area contributed by atoms with Crippen LogP contribution in [-0.4, -0.2) is 29.6 Å². The molecule has 0 unspecified atom stereocenters. The SMILES string of the molecule is COc1ccc(CC(=O)N/N=C(\C)CC(=O)Nc2cc([N+](=O)[O-])ccc2C)cc1. The van der Waals surface area contributed by atoms with Crippen molar-refractivity contribution in [3.63, 3.8) is 0 Å².